The van der Waals surface area contributed by atoms with Crippen LogP contribution in [0.25, 0.3) is 0 Å². The number of guanidine groups is 1. The number of carbonyl (C=O) groups excluding carboxylic acids is 1. The highest BCUT2D eigenvalue weighted by Crippen LogP contribution is 2.11. The van der Waals surface area contributed by atoms with Crippen molar-refractivity contribution in [1.82, 2.24) is 0 Å². The van der Waals surface area contributed by atoms with Crippen LogP contribution < -0.4 is 16.8 Å². The van der Waals surface area contributed by atoms with E-state index in [-0.39, 0.29) is 0 Å². The lowest BCUT2D eigenvalue weighted by Gasteiger charge is -2.07. The van der Waals surface area contributed by atoms with Crippen LogP contribution in [0.3, 0.4) is 0 Å². The van der Waals surface area contributed by atoms with Gasteiger partial charge in [-0.15, -0.1) is 0 Å². The maximum atomic E-state index is 11.1. The van der Waals surface area contributed by atoms with Gasteiger partial charge in [0.15, 0.2) is 5.96 Å². The lowest BCUT2D eigenvalue weighted by atomic mass is 10.1. The Labute approximate surface area is 130 Å². The van der Waals surface area contributed by atoms with Gasteiger partial charge in [-0.1, -0.05) is 31.2 Å². The molecule has 2 aromatic rings. The van der Waals surface area contributed by atoms with E-state index in [2.05, 4.69) is 23.3 Å². The monoisotopic (exact) mass is 296 g/mol. The molecule has 0 radical (unpaired) electrons. The Morgan fingerprint density at radius 1 is 1.09 bits per heavy atom. The highest BCUT2D eigenvalue weighted by molar-refractivity contribution is 5.93. The van der Waals surface area contributed by atoms with Crippen molar-refractivity contribution in [2.75, 3.05) is 5.32 Å². The number of carbonyl (C=O) groups is 1. The Bertz CT molecular complexity index is 695. The third-order valence-electron chi connectivity index (χ3n) is 3.25. The number of primary amides is 1. The van der Waals surface area contributed by atoms with E-state index in [0.717, 1.165) is 17.7 Å². The maximum absolute atomic E-state index is 11.1. The van der Waals surface area contributed by atoms with Gasteiger partial charge in [0.1, 0.15) is 0 Å². The molecule has 5 heteroatoms. The van der Waals surface area contributed by atoms with Gasteiger partial charge in [0.2, 0.25) is 5.91 Å². The SMILES string of the molecule is CCc1cccc(NC(N)=NCc2cccc(C(N)=O)c2)c1. The molecule has 114 valence electrons. The van der Waals surface area contributed by atoms with E-state index < -0.39 is 5.91 Å². The van der Waals surface area contributed by atoms with Crippen LogP contribution in [0.5, 0.6) is 0 Å². The Morgan fingerprint density at radius 3 is 2.55 bits per heavy atom. The molecular formula is C17H20N4O. The third kappa shape index (κ3) is 4.34. The molecular weight excluding hydrogens is 276 g/mol. The zero-order valence-electron chi connectivity index (χ0n) is 12.5. The second kappa shape index (κ2) is 7.26. The largest absolute Gasteiger partial charge is 0.370 e. The molecule has 0 aromatic heterocycles. The molecule has 0 aliphatic carbocycles. The van der Waals surface area contributed by atoms with E-state index in [0.29, 0.717) is 18.1 Å². The summed E-state index contributed by atoms with van der Waals surface area (Å²) in [5, 5.41) is 3.06. The Balaban J connectivity index is 2.03. The molecule has 1 amide bonds. The summed E-state index contributed by atoms with van der Waals surface area (Å²) in [6, 6.07) is 15.1. The van der Waals surface area contributed by atoms with Crippen molar-refractivity contribution >= 4 is 17.6 Å². The van der Waals surface area contributed by atoms with Gasteiger partial charge in [0.05, 0.1) is 6.54 Å². The summed E-state index contributed by atoms with van der Waals surface area (Å²) in [6.45, 7) is 2.48. The molecule has 0 aliphatic heterocycles. The first-order chi connectivity index (χ1) is 10.6. The molecule has 2 aromatic carbocycles. The van der Waals surface area contributed by atoms with Gasteiger partial charge in [-0.3, -0.25) is 4.79 Å². The maximum Gasteiger partial charge on any atom is 0.248 e. The smallest absolute Gasteiger partial charge is 0.248 e. The van der Waals surface area contributed by atoms with Crippen LogP contribution in [0.1, 0.15) is 28.4 Å². The second-order valence-corrected chi connectivity index (χ2v) is 4.95. The number of amides is 1. The van der Waals surface area contributed by atoms with E-state index in [9.17, 15) is 4.79 Å². The summed E-state index contributed by atoms with van der Waals surface area (Å²) in [5.74, 6) is -0.119. The summed E-state index contributed by atoms with van der Waals surface area (Å²) in [6.07, 6.45) is 0.965. The second-order valence-electron chi connectivity index (χ2n) is 4.95. The number of rotatable bonds is 5. The standard InChI is InChI=1S/C17H20N4O/c1-2-12-5-4-8-15(10-12)21-17(19)20-11-13-6-3-7-14(9-13)16(18)22/h3-10H,2,11H2,1H3,(H2,18,22)(H3,19,20,21). The fourth-order valence-electron chi connectivity index (χ4n) is 2.06. The molecule has 0 bridgehead atoms. The highest BCUT2D eigenvalue weighted by Gasteiger charge is 2.01. The molecule has 0 fully saturated rings. The predicted octanol–water partition coefficient (Wildman–Crippen LogP) is 2.27. The average Bonchev–Trinajstić information content (AvgIpc) is 2.53. The van der Waals surface area contributed by atoms with Crippen LogP contribution >= 0.6 is 0 Å². The first-order valence-electron chi connectivity index (χ1n) is 7.13. The molecule has 0 spiro atoms. The van der Waals surface area contributed by atoms with Crippen molar-refractivity contribution in [2.45, 2.75) is 19.9 Å². The van der Waals surface area contributed by atoms with Crippen molar-refractivity contribution in [3.63, 3.8) is 0 Å². The van der Waals surface area contributed by atoms with Crippen molar-refractivity contribution in [2.24, 2.45) is 16.5 Å². The number of nitrogens with zero attached hydrogens (tertiary/aromatic N) is 1. The van der Waals surface area contributed by atoms with E-state index in [4.69, 9.17) is 11.5 Å². The first-order valence-corrected chi connectivity index (χ1v) is 7.13. The van der Waals surface area contributed by atoms with Crippen LogP contribution in [0.2, 0.25) is 0 Å². The average molecular weight is 296 g/mol. The number of benzene rings is 2. The van der Waals surface area contributed by atoms with Gasteiger partial charge in [-0.2, -0.15) is 0 Å². The normalized spacial score (nSPS) is 11.2. The zero-order chi connectivity index (χ0) is 15.9. The van der Waals surface area contributed by atoms with Gasteiger partial charge >= 0.3 is 0 Å². The van der Waals surface area contributed by atoms with E-state index in [1.165, 1.54) is 5.56 Å². The predicted molar refractivity (Wildman–Crippen MR) is 89.7 cm³/mol. The molecule has 0 saturated heterocycles. The molecule has 0 heterocycles. The minimum atomic E-state index is -0.451. The minimum absolute atomic E-state index is 0.331. The summed E-state index contributed by atoms with van der Waals surface area (Å²) in [5.41, 5.74) is 14.6. The van der Waals surface area contributed by atoms with Crippen molar-refractivity contribution < 1.29 is 4.79 Å². The highest BCUT2D eigenvalue weighted by atomic mass is 16.1. The lowest BCUT2D eigenvalue weighted by Crippen LogP contribution is -2.22. The van der Waals surface area contributed by atoms with Gasteiger partial charge < -0.3 is 16.8 Å². The van der Waals surface area contributed by atoms with Crippen LogP contribution in [0.4, 0.5) is 5.69 Å². The molecule has 22 heavy (non-hydrogen) atoms. The molecule has 0 atom stereocenters. The topological polar surface area (TPSA) is 93.5 Å². The molecule has 5 N–H and O–H groups in total. The number of hydrogen-bond donors (Lipinski definition) is 3. The lowest BCUT2D eigenvalue weighted by molar-refractivity contribution is 0.1000. The summed E-state index contributed by atoms with van der Waals surface area (Å²) in [7, 11) is 0. The van der Waals surface area contributed by atoms with Gasteiger partial charge in [0, 0.05) is 11.3 Å². The fraction of sp³-hybridized carbons (Fsp3) is 0.176. The van der Waals surface area contributed by atoms with Gasteiger partial charge in [0.25, 0.3) is 0 Å². The van der Waals surface area contributed by atoms with Crippen LogP contribution in [-0.4, -0.2) is 11.9 Å². The Kier molecular flexibility index (Phi) is 5.14. The molecule has 0 saturated carbocycles. The van der Waals surface area contributed by atoms with Gasteiger partial charge in [-0.25, -0.2) is 4.99 Å². The third-order valence-corrected chi connectivity index (χ3v) is 3.25. The van der Waals surface area contributed by atoms with Crippen molar-refractivity contribution in [3.8, 4) is 0 Å². The Hall–Kier alpha value is -2.82. The van der Waals surface area contributed by atoms with E-state index >= 15 is 0 Å². The number of aryl methyl sites for hydroxylation is 1. The number of nitrogens with two attached hydrogens (primary N) is 2. The fourth-order valence-corrected chi connectivity index (χ4v) is 2.06. The van der Waals surface area contributed by atoms with E-state index in [1.54, 1.807) is 18.2 Å². The van der Waals surface area contributed by atoms with Crippen molar-refractivity contribution in [3.05, 3.63) is 65.2 Å². The van der Waals surface area contributed by atoms with Crippen LogP contribution in [0.15, 0.2) is 53.5 Å². The summed E-state index contributed by atoms with van der Waals surface area (Å²) in [4.78, 5) is 15.4. The number of aliphatic imine (C=N–C) groups is 1. The molecule has 0 aliphatic rings. The number of anilines is 1. The number of hydrogen-bond acceptors (Lipinski definition) is 2. The number of nitrogens with one attached hydrogen (secondary N) is 1. The van der Waals surface area contributed by atoms with Crippen LogP contribution in [-0.2, 0) is 13.0 Å². The minimum Gasteiger partial charge on any atom is -0.370 e. The quantitative estimate of drug-likeness (QED) is 0.583. The zero-order valence-corrected chi connectivity index (χ0v) is 12.5. The summed E-state index contributed by atoms with van der Waals surface area (Å²) >= 11 is 0. The molecule has 0 unspecified atom stereocenters. The first kappa shape index (κ1) is 15.6. The molecule has 2 rings (SSSR count). The van der Waals surface area contributed by atoms with E-state index in [1.807, 2.05) is 24.3 Å². The van der Waals surface area contributed by atoms with Crippen LogP contribution in [0, 0.1) is 0 Å². The molecule has 5 nitrogen and oxygen atoms in total. The van der Waals surface area contributed by atoms with Gasteiger partial charge in [-0.05, 0) is 41.8 Å². The van der Waals surface area contributed by atoms with Crippen molar-refractivity contribution in [1.29, 1.82) is 0 Å². The summed E-state index contributed by atoms with van der Waals surface area (Å²) < 4.78 is 0. The Morgan fingerprint density at radius 2 is 1.82 bits per heavy atom.